The molecule has 1 N–H and O–H groups in total. The van der Waals surface area contributed by atoms with Crippen LogP contribution in [0.2, 0.25) is 0 Å². The average Bonchev–Trinajstić information content (AvgIpc) is 2.47. The predicted octanol–water partition coefficient (Wildman–Crippen LogP) is 0.526. The summed E-state index contributed by atoms with van der Waals surface area (Å²) in [4.78, 5) is 12.1. The van der Waals surface area contributed by atoms with E-state index in [4.69, 9.17) is 9.84 Å². The third kappa shape index (κ3) is 0.815. The number of carboxylic acid groups (broad SMARTS) is 1. The molecular weight excluding hydrogens is 162 g/mol. The molecule has 0 aromatic carbocycles. The fraction of sp³-hybridized carbons (Fsp3) is 0. The Morgan fingerprint density at radius 3 is 3.25 bits per heavy atom. The van der Waals surface area contributed by atoms with Crippen molar-refractivity contribution in [2.45, 2.75) is 0 Å². The van der Waals surface area contributed by atoms with Crippen LogP contribution in [-0.4, -0.2) is 27.4 Å². The van der Waals surface area contributed by atoms with E-state index in [9.17, 15) is 4.79 Å². The van der Waals surface area contributed by atoms with Crippen LogP contribution in [0, 0.1) is 0 Å². The number of amides is 1. The van der Waals surface area contributed by atoms with Gasteiger partial charge in [0.15, 0.2) is 5.82 Å². The molecule has 6 heteroatoms. The summed E-state index contributed by atoms with van der Waals surface area (Å²) in [7, 11) is 0. The van der Waals surface area contributed by atoms with E-state index in [1.54, 1.807) is 6.20 Å². The molecule has 0 atom stereocenters. The van der Waals surface area contributed by atoms with Crippen LogP contribution in [-0.2, 0) is 4.74 Å². The van der Waals surface area contributed by atoms with E-state index in [-0.39, 0.29) is 0 Å². The van der Waals surface area contributed by atoms with Gasteiger partial charge in [0.25, 0.3) is 0 Å². The topological polar surface area (TPSA) is 65.4 Å². The quantitative estimate of drug-likeness (QED) is 0.571. The second-order valence-corrected chi connectivity index (χ2v) is 2.13. The van der Waals surface area contributed by atoms with Crippen LogP contribution < -0.4 is 0 Å². The molecule has 2 rings (SSSR count). The molecule has 0 saturated heterocycles. The van der Waals surface area contributed by atoms with Crippen molar-refractivity contribution in [1.82, 2.24) is 9.91 Å². The standard InChI is InChI=1S/C6H5N3O3/c10-6(11)9-5-3-12-2-1-8(5)4-7-9/h1-4H,(H,10,11). The summed E-state index contributed by atoms with van der Waals surface area (Å²) in [5.41, 5.74) is 0. The van der Waals surface area contributed by atoms with Crippen molar-refractivity contribution in [2.24, 2.45) is 5.10 Å². The van der Waals surface area contributed by atoms with Gasteiger partial charge in [0.2, 0.25) is 0 Å². The molecule has 2 heterocycles. The van der Waals surface area contributed by atoms with Gasteiger partial charge in [-0.05, 0) is 0 Å². The van der Waals surface area contributed by atoms with Gasteiger partial charge >= 0.3 is 6.09 Å². The maximum Gasteiger partial charge on any atom is 0.434 e. The number of ether oxygens (including phenoxy) is 1. The van der Waals surface area contributed by atoms with E-state index in [0.717, 1.165) is 5.01 Å². The molecule has 0 aromatic rings. The highest BCUT2D eigenvalue weighted by Gasteiger charge is 2.27. The summed E-state index contributed by atoms with van der Waals surface area (Å²) in [6.07, 6.45) is 4.56. The van der Waals surface area contributed by atoms with Crippen molar-refractivity contribution in [3.8, 4) is 0 Å². The Kier molecular flexibility index (Phi) is 1.26. The van der Waals surface area contributed by atoms with E-state index >= 15 is 0 Å². The Balaban J connectivity index is 2.28. The van der Waals surface area contributed by atoms with E-state index in [2.05, 4.69) is 5.10 Å². The zero-order chi connectivity index (χ0) is 8.55. The van der Waals surface area contributed by atoms with Gasteiger partial charge in [-0.3, -0.25) is 4.90 Å². The molecule has 0 radical (unpaired) electrons. The van der Waals surface area contributed by atoms with Crippen LogP contribution in [0.5, 0.6) is 0 Å². The Hall–Kier alpha value is -1.98. The lowest BCUT2D eigenvalue weighted by molar-refractivity contribution is 0.154. The highest BCUT2D eigenvalue weighted by molar-refractivity contribution is 5.74. The summed E-state index contributed by atoms with van der Waals surface area (Å²) in [5, 5.41) is 13.1. The van der Waals surface area contributed by atoms with Gasteiger partial charge in [0.1, 0.15) is 18.9 Å². The molecule has 0 aromatic heterocycles. The molecule has 0 bridgehead atoms. The average molecular weight is 167 g/mol. The lowest BCUT2D eigenvalue weighted by Gasteiger charge is -2.17. The number of fused-ring (bicyclic) bond motifs is 1. The first-order chi connectivity index (χ1) is 5.79. The summed E-state index contributed by atoms with van der Waals surface area (Å²) >= 11 is 0. The molecule has 6 nitrogen and oxygen atoms in total. The van der Waals surface area contributed by atoms with E-state index in [1.807, 2.05) is 0 Å². The van der Waals surface area contributed by atoms with Gasteiger partial charge in [0, 0.05) is 6.20 Å². The third-order valence-corrected chi connectivity index (χ3v) is 1.43. The highest BCUT2D eigenvalue weighted by atomic mass is 16.5. The Labute approximate surface area is 67.6 Å². The number of rotatable bonds is 0. The van der Waals surface area contributed by atoms with Crippen molar-refractivity contribution in [3.63, 3.8) is 0 Å². The number of hydrogen-bond donors (Lipinski definition) is 1. The molecule has 0 unspecified atom stereocenters. The Bertz CT molecular complexity index is 307. The molecule has 2 aliphatic rings. The lowest BCUT2D eigenvalue weighted by Crippen LogP contribution is -2.26. The zero-order valence-electron chi connectivity index (χ0n) is 5.91. The van der Waals surface area contributed by atoms with Gasteiger partial charge < -0.3 is 9.84 Å². The second kappa shape index (κ2) is 2.26. The second-order valence-electron chi connectivity index (χ2n) is 2.13. The molecular formula is C6H5N3O3. The van der Waals surface area contributed by atoms with Crippen LogP contribution in [0.25, 0.3) is 0 Å². The highest BCUT2D eigenvalue weighted by Crippen LogP contribution is 2.19. The molecule has 0 spiro atoms. The summed E-state index contributed by atoms with van der Waals surface area (Å²) in [6, 6.07) is 0. The third-order valence-electron chi connectivity index (χ3n) is 1.43. The molecule has 0 fully saturated rings. The van der Waals surface area contributed by atoms with E-state index < -0.39 is 6.09 Å². The van der Waals surface area contributed by atoms with E-state index in [0.29, 0.717) is 5.82 Å². The van der Waals surface area contributed by atoms with Crippen molar-refractivity contribution in [2.75, 3.05) is 0 Å². The first-order valence-electron chi connectivity index (χ1n) is 3.17. The van der Waals surface area contributed by atoms with Crippen LogP contribution in [0.1, 0.15) is 0 Å². The number of hydrazone groups is 1. The molecule has 62 valence electrons. The van der Waals surface area contributed by atoms with Crippen molar-refractivity contribution in [3.05, 3.63) is 24.5 Å². The van der Waals surface area contributed by atoms with Gasteiger partial charge in [-0.15, -0.1) is 5.01 Å². The Morgan fingerprint density at radius 1 is 1.67 bits per heavy atom. The fourth-order valence-corrected chi connectivity index (χ4v) is 0.909. The molecule has 12 heavy (non-hydrogen) atoms. The number of hydrogen-bond acceptors (Lipinski definition) is 4. The van der Waals surface area contributed by atoms with Crippen molar-refractivity contribution >= 4 is 12.4 Å². The number of carbonyl (C=O) groups is 1. The van der Waals surface area contributed by atoms with Crippen LogP contribution in [0.4, 0.5) is 4.79 Å². The maximum absolute atomic E-state index is 10.5. The number of nitrogens with zero attached hydrogens (tertiary/aromatic N) is 3. The lowest BCUT2D eigenvalue weighted by atomic mass is 10.6. The van der Waals surface area contributed by atoms with E-state index in [1.165, 1.54) is 23.8 Å². The first kappa shape index (κ1) is 6.71. The van der Waals surface area contributed by atoms with Crippen molar-refractivity contribution < 1.29 is 14.6 Å². The Morgan fingerprint density at radius 2 is 2.50 bits per heavy atom. The van der Waals surface area contributed by atoms with Crippen LogP contribution in [0.15, 0.2) is 29.6 Å². The van der Waals surface area contributed by atoms with Gasteiger partial charge in [-0.25, -0.2) is 4.79 Å². The van der Waals surface area contributed by atoms with Crippen molar-refractivity contribution in [1.29, 1.82) is 0 Å². The summed E-state index contributed by atoms with van der Waals surface area (Å²) in [6.45, 7) is 0. The summed E-state index contributed by atoms with van der Waals surface area (Å²) in [5.74, 6) is 0.366. The normalized spacial score (nSPS) is 18.8. The maximum atomic E-state index is 10.5. The summed E-state index contributed by atoms with van der Waals surface area (Å²) < 4.78 is 4.79. The molecule has 2 aliphatic heterocycles. The minimum absolute atomic E-state index is 0.366. The molecule has 0 aliphatic carbocycles. The van der Waals surface area contributed by atoms with Crippen LogP contribution in [0.3, 0.4) is 0 Å². The minimum Gasteiger partial charge on any atom is -0.467 e. The first-order valence-corrected chi connectivity index (χ1v) is 3.17. The smallest absolute Gasteiger partial charge is 0.434 e. The van der Waals surface area contributed by atoms with Gasteiger partial charge in [0.05, 0.1) is 0 Å². The molecule has 1 amide bonds. The predicted molar refractivity (Wildman–Crippen MR) is 38.5 cm³/mol. The molecule has 0 saturated carbocycles. The van der Waals surface area contributed by atoms with Crippen LogP contribution >= 0.6 is 0 Å². The zero-order valence-corrected chi connectivity index (χ0v) is 5.91. The van der Waals surface area contributed by atoms with Gasteiger partial charge in [-0.2, -0.15) is 5.10 Å². The van der Waals surface area contributed by atoms with Gasteiger partial charge in [-0.1, -0.05) is 0 Å². The minimum atomic E-state index is -1.14. The fourth-order valence-electron chi connectivity index (χ4n) is 0.909. The monoisotopic (exact) mass is 167 g/mol. The SMILES string of the molecule is O=C(O)N1N=CN2C=COC=C21. The largest absolute Gasteiger partial charge is 0.467 e.